The van der Waals surface area contributed by atoms with Gasteiger partial charge < -0.3 is 10.4 Å². The summed E-state index contributed by atoms with van der Waals surface area (Å²) in [6.45, 7) is 3.29. The first-order chi connectivity index (χ1) is 9.01. The molecule has 0 saturated heterocycles. The lowest BCUT2D eigenvalue weighted by Gasteiger charge is -2.27. The van der Waals surface area contributed by atoms with Gasteiger partial charge in [-0.1, -0.05) is 0 Å². The highest BCUT2D eigenvalue weighted by molar-refractivity contribution is 5.67. The van der Waals surface area contributed by atoms with Gasteiger partial charge in [-0.3, -0.25) is 4.79 Å². The maximum absolute atomic E-state index is 13.6. The molecule has 1 aromatic rings. The number of nitrogens with one attached hydrogen (secondary N) is 1. The van der Waals surface area contributed by atoms with Crippen molar-refractivity contribution in [3.05, 3.63) is 29.6 Å². The van der Waals surface area contributed by atoms with Gasteiger partial charge in [-0.05, 0) is 38.5 Å². The number of hydrogen-bond donors (Lipinski definition) is 2. The van der Waals surface area contributed by atoms with Gasteiger partial charge in [-0.15, -0.1) is 0 Å². The topological polar surface area (TPSA) is 49.3 Å². The molecule has 0 aromatic heterocycles. The van der Waals surface area contributed by atoms with Crippen LogP contribution in [-0.4, -0.2) is 16.6 Å². The molecule has 0 spiro atoms. The molecule has 0 atom stereocenters. The minimum absolute atomic E-state index is 0.0895. The van der Waals surface area contributed by atoms with Crippen LogP contribution in [0.3, 0.4) is 0 Å². The molecule has 0 aliphatic heterocycles. The van der Waals surface area contributed by atoms with Crippen LogP contribution in [0.4, 0.5) is 23.2 Å². The molecule has 0 aliphatic rings. The highest BCUT2D eigenvalue weighted by Gasteiger charge is 2.31. The first-order valence-corrected chi connectivity index (χ1v) is 5.88. The van der Waals surface area contributed by atoms with Crippen molar-refractivity contribution in [2.75, 3.05) is 5.32 Å². The standard InChI is InChI=1S/C13H15F4NO2/c1-12(2,6-5-11(19)20)18-10-4-3-8(7-9(10)14)13(15,16)17/h3-4,7,18H,5-6H2,1-2H3,(H,19,20). The van der Waals surface area contributed by atoms with Crippen LogP contribution < -0.4 is 5.32 Å². The van der Waals surface area contributed by atoms with Crippen LogP contribution in [0.5, 0.6) is 0 Å². The Kier molecular flexibility index (Phi) is 4.62. The summed E-state index contributed by atoms with van der Waals surface area (Å²) in [6, 6.07) is 2.19. The van der Waals surface area contributed by atoms with Crippen molar-refractivity contribution in [1.82, 2.24) is 0 Å². The summed E-state index contributed by atoms with van der Waals surface area (Å²) in [5, 5.41) is 11.3. The average Bonchev–Trinajstić information content (AvgIpc) is 2.28. The molecule has 0 aliphatic carbocycles. The molecule has 0 heterocycles. The molecule has 1 aromatic carbocycles. The van der Waals surface area contributed by atoms with Crippen molar-refractivity contribution in [2.45, 2.75) is 38.4 Å². The second-order valence-electron chi connectivity index (χ2n) is 5.10. The Morgan fingerprint density at radius 3 is 2.35 bits per heavy atom. The van der Waals surface area contributed by atoms with E-state index in [1.807, 2.05) is 0 Å². The molecule has 0 unspecified atom stereocenters. The molecule has 0 fully saturated rings. The molecular weight excluding hydrogens is 278 g/mol. The van der Waals surface area contributed by atoms with Gasteiger partial charge in [0.15, 0.2) is 0 Å². The van der Waals surface area contributed by atoms with Gasteiger partial charge in [0.25, 0.3) is 0 Å². The third-order valence-electron chi connectivity index (χ3n) is 2.73. The molecule has 0 radical (unpaired) electrons. The fourth-order valence-corrected chi connectivity index (χ4v) is 1.64. The molecule has 7 heteroatoms. The smallest absolute Gasteiger partial charge is 0.416 e. The lowest BCUT2D eigenvalue weighted by molar-refractivity contribution is -0.138. The Balaban J connectivity index is 2.85. The number of carbonyl (C=O) groups is 1. The second-order valence-corrected chi connectivity index (χ2v) is 5.10. The number of rotatable bonds is 5. The summed E-state index contributed by atoms with van der Waals surface area (Å²) in [5.41, 5.74) is -1.91. The molecule has 0 saturated carbocycles. The third kappa shape index (κ3) is 4.71. The van der Waals surface area contributed by atoms with E-state index in [0.29, 0.717) is 6.07 Å². The number of benzene rings is 1. The number of anilines is 1. The van der Waals surface area contributed by atoms with Gasteiger partial charge in [-0.25, -0.2) is 4.39 Å². The van der Waals surface area contributed by atoms with Crippen LogP contribution in [0.2, 0.25) is 0 Å². The van der Waals surface area contributed by atoms with Crippen LogP contribution in [0, 0.1) is 5.82 Å². The molecule has 2 N–H and O–H groups in total. The van der Waals surface area contributed by atoms with Gasteiger partial charge in [0.05, 0.1) is 11.3 Å². The largest absolute Gasteiger partial charge is 0.481 e. The molecule has 112 valence electrons. The van der Waals surface area contributed by atoms with Gasteiger partial charge in [0.1, 0.15) is 5.82 Å². The summed E-state index contributed by atoms with van der Waals surface area (Å²) < 4.78 is 50.8. The Hall–Kier alpha value is -1.79. The van der Waals surface area contributed by atoms with E-state index < -0.39 is 29.1 Å². The summed E-state index contributed by atoms with van der Waals surface area (Å²) in [4.78, 5) is 10.5. The number of alkyl halides is 3. The van der Waals surface area contributed by atoms with E-state index in [1.54, 1.807) is 13.8 Å². The Morgan fingerprint density at radius 1 is 1.30 bits per heavy atom. The van der Waals surface area contributed by atoms with Crippen molar-refractivity contribution in [3.63, 3.8) is 0 Å². The summed E-state index contributed by atoms with van der Waals surface area (Å²) in [7, 11) is 0. The lowest BCUT2D eigenvalue weighted by atomic mass is 9.97. The van der Waals surface area contributed by atoms with Crippen LogP contribution in [0.15, 0.2) is 18.2 Å². The number of carboxylic acids is 1. The Bertz CT molecular complexity index is 498. The van der Waals surface area contributed by atoms with E-state index in [9.17, 15) is 22.4 Å². The Morgan fingerprint density at radius 2 is 1.90 bits per heavy atom. The number of carboxylic acid groups (broad SMARTS) is 1. The maximum Gasteiger partial charge on any atom is 0.416 e. The minimum atomic E-state index is -4.60. The van der Waals surface area contributed by atoms with Gasteiger partial charge in [0, 0.05) is 12.0 Å². The van der Waals surface area contributed by atoms with Crippen molar-refractivity contribution < 1.29 is 27.5 Å². The highest BCUT2D eigenvalue weighted by Crippen LogP contribution is 2.32. The van der Waals surface area contributed by atoms with Crippen LogP contribution in [-0.2, 0) is 11.0 Å². The van der Waals surface area contributed by atoms with Crippen LogP contribution in [0.25, 0.3) is 0 Å². The third-order valence-corrected chi connectivity index (χ3v) is 2.73. The van der Waals surface area contributed by atoms with Crippen molar-refractivity contribution in [1.29, 1.82) is 0 Å². The van der Waals surface area contributed by atoms with Crippen molar-refractivity contribution >= 4 is 11.7 Å². The zero-order chi connectivity index (χ0) is 15.6. The summed E-state index contributed by atoms with van der Waals surface area (Å²) in [6.07, 6.45) is -4.51. The zero-order valence-corrected chi connectivity index (χ0v) is 11.0. The predicted molar refractivity (Wildman–Crippen MR) is 66.0 cm³/mol. The SMILES string of the molecule is CC(C)(CCC(=O)O)Nc1ccc(C(F)(F)F)cc1F. The van der Waals surface area contributed by atoms with E-state index in [0.717, 1.165) is 12.1 Å². The van der Waals surface area contributed by atoms with E-state index in [-0.39, 0.29) is 18.5 Å². The van der Waals surface area contributed by atoms with E-state index in [4.69, 9.17) is 5.11 Å². The zero-order valence-electron chi connectivity index (χ0n) is 11.0. The summed E-state index contributed by atoms with van der Waals surface area (Å²) in [5.74, 6) is -2.02. The molecule has 0 amide bonds. The number of aliphatic carboxylic acids is 1. The van der Waals surface area contributed by atoms with Crippen molar-refractivity contribution in [3.8, 4) is 0 Å². The molecule has 20 heavy (non-hydrogen) atoms. The van der Waals surface area contributed by atoms with E-state index in [1.165, 1.54) is 0 Å². The van der Waals surface area contributed by atoms with Gasteiger partial charge >= 0.3 is 12.1 Å². The van der Waals surface area contributed by atoms with Gasteiger partial charge in [0.2, 0.25) is 0 Å². The minimum Gasteiger partial charge on any atom is -0.481 e. The molecular formula is C13H15F4NO2. The van der Waals surface area contributed by atoms with E-state index in [2.05, 4.69) is 5.32 Å². The molecule has 0 bridgehead atoms. The quantitative estimate of drug-likeness (QED) is 0.809. The van der Waals surface area contributed by atoms with Gasteiger partial charge in [-0.2, -0.15) is 13.2 Å². The fourth-order valence-electron chi connectivity index (χ4n) is 1.64. The molecule has 3 nitrogen and oxygen atoms in total. The maximum atomic E-state index is 13.6. The molecule has 1 rings (SSSR count). The second kappa shape index (κ2) is 5.68. The normalized spacial score (nSPS) is 12.3. The summed E-state index contributed by atoms with van der Waals surface area (Å²) >= 11 is 0. The highest BCUT2D eigenvalue weighted by atomic mass is 19.4. The van der Waals surface area contributed by atoms with E-state index >= 15 is 0 Å². The predicted octanol–water partition coefficient (Wildman–Crippen LogP) is 3.90. The average molecular weight is 293 g/mol. The van der Waals surface area contributed by atoms with Crippen molar-refractivity contribution in [2.24, 2.45) is 0 Å². The number of halogens is 4. The first kappa shape index (κ1) is 16.3. The fraction of sp³-hybridized carbons (Fsp3) is 0.462. The van der Waals surface area contributed by atoms with Crippen LogP contribution >= 0.6 is 0 Å². The van der Waals surface area contributed by atoms with Crippen LogP contribution in [0.1, 0.15) is 32.3 Å². The Labute approximate surface area is 113 Å². The lowest BCUT2D eigenvalue weighted by Crippen LogP contribution is -2.32. The monoisotopic (exact) mass is 293 g/mol. The first-order valence-electron chi connectivity index (χ1n) is 5.88. The number of hydrogen-bond acceptors (Lipinski definition) is 2.